The minimum absolute atomic E-state index is 0.0942. The van der Waals surface area contributed by atoms with E-state index in [0.29, 0.717) is 0 Å². The third kappa shape index (κ3) is 3.13. The van der Waals surface area contributed by atoms with Crippen LogP contribution in [0.5, 0.6) is 0 Å². The first kappa shape index (κ1) is 19.5. The Morgan fingerprint density at radius 2 is 2.06 bits per heavy atom. The summed E-state index contributed by atoms with van der Waals surface area (Å²) in [5, 5.41) is 14.7. The van der Waals surface area contributed by atoms with Crippen molar-refractivity contribution in [1.29, 1.82) is 5.41 Å². The minimum atomic E-state index is -0.773. The van der Waals surface area contributed by atoms with E-state index in [2.05, 4.69) is 21.7 Å². The molecule has 31 heavy (non-hydrogen) atoms. The number of guanidine groups is 1. The highest BCUT2D eigenvalue weighted by Gasteiger charge is 2.49. The highest BCUT2D eigenvalue weighted by atomic mass is 32.1. The summed E-state index contributed by atoms with van der Waals surface area (Å²) in [4.78, 5) is 20.3. The fourth-order valence-electron chi connectivity index (χ4n) is 4.23. The first-order valence-electron chi connectivity index (χ1n) is 10.0. The summed E-state index contributed by atoms with van der Waals surface area (Å²) in [5.74, 6) is -0.516. The van der Waals surface area contributed by atoms with Crippen molar-refractivity contribution in [3.63, 3.8) is 0 Å². The van der Waals surface area contributed by atoms with Crippen LogP contribution in [0.3, 0.4) is 0 Å². The third-order valence-corrected chi connectivity index (χ3v) is 7.17. The second-order valence-electron chi connectivity index (χ2n) is 8.14. The van der Waals surface area contributed by atoms with Crippen LogP contribution < -0.4 is 5.32 Å². The van der Waals surface area contributed by atoms with Gasteiger partial charge in [-0.15, -0.1) is 11.3 Å². The van der Waals surface area contributed by atoms with Gasteiger partial charge in [0.2, 0.25) is 5.91 Å². The normalized spacial score (nSPS) is 21.5. The molecular weight excluding hydrogens is 408 g/mol. The molecule has 1 fully saturated rings. The van der Waals surface area contributed by atoms with Gasteiger partial charge in [-0.25, -0.2) is 0 Å². The molecule has 1 aliphatic rings. The van der Waals surface area contributed by atoms with Gasteiger partial charge in [0.25, 0.3) is 0 Å². The van der Waals surface area contributed by atoms with E-state index >= 15 is 0 Å². The van der Waals surface area contributed by atoms with Gasteiger partial charge in [-0.1, -0.05) is 6.07 Å². The Kier molecular flexibility index (Phi) is 4.44. The summed E-state index contributed by atoms with van der Waals surface area (Å²) < 4.78 is 5.47. The molecule has 1 aromatic carbocycles. The number of amides is 1. The minimum Gasteiger partial charge on any atom is -0.464 e. The van der Waals surface area contributed by atoms with Gasteiger partial charge in [-0.05, 0) is 61.4 Å². The smallest absolute Gasteiger partial charge is 0.239 e. The number of nitrogens with one attached hydrogen (secondary N) is 2. The third-order valence-electron chi connectivity index (χ3n) is 6.00. The summed E-state index contributed by atoms with van der Waals surface area (Å²) in [7, 11) is 1.64. The molecule has 4 heterocycles. The summed E-state index contributed by atoms with van der Waals surface area (Å²) >= 11 is 1.58. The lowest BCUT2D eigenvalue weighted by molar-refractivity contribution is -0.131. The second-order valence-corrected chi connectivity index (χ2v) is 9.05. The number of furan rings is 1. The molecule has 0 saturated carbocycles. The number of pyridine rings is 1. The summed E-state index contributed by atoms with van der Waals surface area (Å²) in [5.41, 5.74) is 3.95. The Labute approximate surface area is 184 Å². The molecule has 6 nitrogen and oxygen atoms in total. The van der Waals surface area contributed by atoms with Crippen LogP contribution in [-0.4, -0.2) is 28.8 Å². The first-order valence-corrected chi connectivity index (χ1v) is 10.9. The number of likely N-dealkylation sites (N-methyl/N-ethyl adjacent to an activating group) is 1. The Bertz CT molecular complexity index is 1320. The summed E-state index contributed by atoms with van der Waals surface area (Å²) in [6.07, 6.45) is 3.45. The van der Waals surface area contributed by atoms with E-state index in [1.807, 2.05) is 50.2 Å². The van der Waals surface area contributed by atoms with Gasteiger partial charge in [-0.3, -0.25) is 20.1 Å². The van der Waals surface area contributed by atoms with Gasteiger partial charge >= 0.3 is 0 Å². The highest BCUT2D eigenvalue weighted by molar-refractivity contribution is 7.10. The predicted molar refractivity (Wildman–Crippen MR) is 122 cm³/mol. The molecule has 1 amide bonds. The maximum Gasteiger partial charge on any atom is 0.239 e. The molecule has 1 saturated heterocycles. The number of hydrogen-bond donors (Lipinski definition) is 2. The summed E-state index contributed by atoms with van der Waals surface area (Å²) in [6.45, 7) is 4.04. The quantitative estimate of drug-likeness (QED) is 0.486. The molecule has 4 aromatic rings. The molecule has 156 valence electrons. The SMILES string of the molecule is Cc1ccnc(-c2csc([C@@]3(C)NC(=N)N(C)C(=O)[C@H]3c3ccc4occc4c3)c2)c1. The fraction of sp³-hybridized carbons (Fsp3) is 0.208. The zero-order valence-electron chi connectivity index (χ0n) is 17.5. The van der Waals surface area contributed by atoms with E-state index in [9.17, 15) is 4.79 Å². The average Bonchev–Trinajstić information content (AvgIpc) is 3.42. The molecule has 7 heteroatoms. The van der Waals surface area contributed by atoms with E-state index < -0.39 is 11.5 Å². The largest absolute Gasteiger partial charge is 0.464 e. The zero-order chi connectivity index (χ0) is 21.8. The second kappa shape index (κ2) is 7.06. The molecule has 3 aromatic heterocycles. The number of thiophene rings is 1. The maximum absolute atomic E-state index is 13.4. The lowest BCUT2D eigenvalue weighted by Gasteiger charge is -2.45. The van der Waals surface area contributed by atoms with E-state index in [1.165, 1.54) is 4.90 Å². The Morgan fingerprint density at radius 1 is 1.23 bits per heavy atom. The number of fused-ring (bicyclic) bond motifs is 1. The highest BCUT2D eigenvalue weighted by Crippen LogP contribution is 2.44. The van der Waals surface area contributed by atoms with Gasteiger partial charge in [-0.2, -0.15) is 0 Å². The predicted octanol–water partition coefficient (Wildman–Crippen LogP) is 4.86. The van der Waals surface area contributed by atoms with Crippen molar-refractivity contribution < 1.29 is 9.21 Å². The molecule has 1 aliphatic heterocycles. The zero-order valence-corrected chi connectivity index (χ0v) is 18.3. The first-order chi connectivity index (χ1) is 14.9. The number of aromatic nitrogens is 1. The number of carbonyl (C=O) groups is 1. The molecule has 0 radical (unpaired) electrons. The number of benzene rings is 1. The summed E-state index contributed by atoms with van der Waals surface area (Å²) in [6, 6.07) is 13.8. The van der Waals surface area contributed by atoms with Gasteiger partial charge in [0, 0.05) is 34.5 Å². The van der Waals surface area contributed by atoms with Gasteiger partial charge in [0.15, 0.2) is 5.96 Å². The Morgan fingerprint density at radius 3 is 2.87 bits per heavy atom. The van der Waals surface area contributed by atoms with E-state index in [1.54, 1.807) is 30.8 Å². The van der Waals surface area contributed by atoms with Crippen LogP contribution in [0.15, 0.2) is 64.7 Å². The Balaban J connectivity index is 1.63. The number of carbonyl (C=O) groups excluding carboxylic acids is 1. The lowest BCUT2D eigenvalue weighted by atomic mass is 9.76. The van der Waals surface area contributed by atoms with Crippen LogP contribution >= 0.6 is 11.3 Å². The topological polar surface area (TPSA) is 82.2 Å². The van der Waals surface area contributed by atoms with E-state index in [0.717, 1.165) is 38.2 Å². The van der Waals surface area contributed by atoms with Crippen molar-refractivity contribution in [2.45, 2.75) is 25.3 Å². The molecular formula is C24H22N4O2S. The van der Waals surface area contributed by atoms with Crippen molar-refractivity contribution in [1.82, 2.24) is 15.2 Å². The molecule has 5 rings (SSSR count). The van der Waals surface area contributed by atoms with Gasteiger partial charge in [0.1, 0.15) is 5.58 Å². The molecule has 0 spiro atoms. The van der Waals surface area contributed by atoms with Crippen LogP contribution in [0, 0.1) is 12.3 Å². The van der Waals surface area contributed by atoms with Crippen LogP contribution in [0.25, 0.3) is 22.2 Å². The number of aryl methyl sites for hydroxylation is 1. The van der Waals surface area contributed by atoms with Crippen LogP contribution in [0.4, 0.5) is 0 Å². The van der Waals surface area contributed by atoms with Crippen LogP contribution in [0.2, 0.25) is 0 Å². The average molecular weight is 431 g/mol. The molecule has 2 N–H and O–H groups in total. The van der Waals surface area contributed by atoms with Crippen LogP contribution in [-0.2, 0) is 10.3 Å². The van der Waals surface area contributed by atoms with Crippen molar-refractivity contribution in [2.75, 3.05) is 7.05 Å². The van der Waals surface area contributed by atoms with E-state index in [4.69, 9.17) is 9.83 Å². The van der Waals surface area contributed by atoms with Crippen molar-refractivity contribution in [3.05, 3.63) is 76.3 Å². The van der Waals surface area contributed by atoms with Gasteiger partial charge < -0.3 is 9.73 Å². The van der Waals surface area contributed by atoms with Crippen LogP contribution in [0.1, 0.15) is 28.8 Å². The number of nitrogens with zero attached hydrogens (tertiary/aromatic N) is 2. The fourth-order valence-corrected chi connectivity index (χ4v) is 5.29. The Hall–Kier alpha value is -3.45. The van der Waals surface area contributed by atoms with Crippen molar-refractivity contribution >= 4 is 34.2 Å². The molecule has 0 bridgehead atoms. The van der Waals surface area contributed by atoms with Crippen molar-refractivity contribution in [2.24, 2.45) is 0 Å². The number of hydrogen-bond acceptors (Lipinski definition) is 5. The monoisotopic (exact) mass is 430 g/mol. The molecule has 0 unspecified atom stereocenters. The number of rotatable bonds is 3. The van der Waals surface area contributed by atoms with E-state index in [-0.39, 0.29) is 11.9 Å². The molecule has 0 aliphatic carbocycles. The molecule has 2 atom stereocenters. The lowest BCUT2D eigenvalue weighted by Crippen LogP contribution is -2.62. The standard InChI is InChI=1S/C24H22N4O2S/c1-14-6-8-26-18(10-14)17-12-20(31-13-17)24(2)21(22(29)28(3)23(25)27-24)16-4-5-19-15(11-16)7-9-30-19/h4-13,21H,1-3H3,(H2,25,27)/t21-,24-/m1/s1. The van der Waals surface area contributed by atoms with Crippen molar-refractivity contribution in [3.8, 4) is 11.3 Å². The maximum atomic E-state index is 13.4. The van der Waals surface area contributed by atoms with Gasteiger partial charge in [0.05, 0.1) is 23.4 Å².